The van der Waals surface area contributed by atoms with E-state index in [1.54, 1.807) is 19.1 Å². The van der Waals surface area contributed by atoms with Gasteiger partial charge >= 0.3 is 6.18 Å². The summed E-state index contributed by atoms with van der Waals surface area (Å²) in [6, 6.07) is 4.75. The largest absolute Gasteiger partial charge is 0.484 e. The molecule has 0 aliphatic heterocycles. The fourth-order valence-electron chi connectivity index (χ4n) is 1.27. The molecule has 2 nitrogen and oxygen atoms in total. The molecule has 1 N–H and O–H groups in total. The van der Waals surface area contributed by atoms with E-state index in [1.807, 2.05) is 0 Å². The van der Waals surface area contributed by atoms with E-state index in [-0.39, 0.29) is 5.75 Å². The third-order valence-electron chi connectivity index (χ3n) is 2.01. The monoisotopic (exact) mass is 234 g/mol. The molecule has 0 aliphatic rings. The highest BCUT2D eigenvalue weighted by molar-refractivity contribution is 5.38. The summed E-state index contributed by atoms with van der Waals surface area (Å²) in [5.74, 6) is 0.0762. The average Bonchev–Trinajstić information content (AvgIpc) is 2.13. The van der Waals surface area contributed by atoms with Crippen molar-refractivity contribution in [2.45, 2.75) is 26.1 Å². The standard InChI is InChI=1S/C11H13F3O2/c1-7-3-4-9(8(2)15)10(5-7)16-6-11(12,13)14/h3-5,8,15H,6H2,1-2H3/t8-/m1/s1. The van der Waals surface area contributed by atoms with Crippen molar-refractivity contribution in [3.63, 3.8) is 0 Å². The lowest BCUT2D eigenvalue weighted by molar-refractivity contribution is -0.153. The van der Waals surface area contributed by atoms with Gasteiger partial charge in [0.05, 0.1) is 6.10 Å². The number of hydrogen-bond acceptors (Lipinski definition) is 2. The maximum absolute atomic E-state index is 12.0. The Labute approximate surface area is 91.7 Å². The maximum Gasteiger partial charge on any atom is 0.422 e. The summed E-state index contributed by atoms with van der Waals surface area (Å²) < 4.78 is 40.6. The lowest BCUT2D eigenvalue weighted by Gasteiger charge is -2.15. The van der Waals surface area contributed by atoms with E-state index < -0.39 is 18.9 Å². The number of aliphatic hydroxyl groups excluding tert-OH is 1. The van der Waals surface area contributed by atoms with Crippen molar-refractivity contribution in [3.8, 4) is 5.75 Å². The predicted molar refractivity (Wildman–Crippen MR) is 53.4 cm³/mol. The Morgan fingerprint density at radius 1 is 1.38 bits per heavy atom. The van der Waals surface area contributed by atoms with Crippen LogP contribution in [-0.4, -0.2) is 17.9 Å². The maximum atomic E-state index is 12.0. The van der Waals surface area contributed by atoms with Gasteiger partial charge in [-0.15, -0.1) is 0 Å². The minimum atomic E-state index is -4.38. The van der Waals surface area contributed by atoms with Gasteiger partial charge in [0.1, 0.15) is 5.75 Å². The van der Waals surface area contributed by atoms with Gasteiger partial charge < -0.3 is 9.84 Å². The summed E-state index contributed by atoms with van der Waals surface area (Å²) in [6.07, 6.45) is -5.23. The summed E-state index contributed by atoms with van der Waals surface area (Å²) in [6.45, 7) is 1.87. The molecular weight excluding hydrogens is 221 g/mol. The third kappa shape index (κ3) is 3.73. The number of aryl methyl sites for hydroxylation is 1. The van der Waals surface area contributed by atoms with Gasteiger partial charge in [0.25, 0.3) is 0 Å². The Bertz CT molecular complexity index is 359. The van der Waals surface area contributed by atoms with Gasteiger partial charge in [0, 0.05) is 5.56 Å². The first-order valence-electron chi connectivity index (χ1n) is 4.78. The minimum Gasteiger partial charge on any atom is -0.484 e. The zero-order chi connectivity index (χ0) is 12.3. The van der Waals surface area contributed by atoms with Crippen molar-refractivity contribution in [2.75, 3.05) is 6.61 Å². The van der Waals surface area contributed by atoms with Crippen molar-refractivity contribution in [1.82, 2.24) is 0 Å². The third-order valence-corrected chi connectivity index (χ3v) is 2.01. The fourth-order valence-corrected chi connectivity index (χ4v) is 1.27. The van der Waals surface area contributed by atoms with Crippen molar-refractivity contribution in [3.05, 3.63) is 29.3 Å². The van der Waals surface area contributed by atoms with E-state index >= 15 is 0 Å². The average molecular weight is 234 g/mol. The Kier molecular flexibility index (Phi) is 3.80. The number of benzene rings is 1. The van der Waals surface area contributed by atoms with E-state index in [1.165, 1.54) is 13.0 Å². The topological polar surface area (TPSA) is 29.5 Å². The summed E-state index contributed by atoms with van der Waals surface area (Å²) in [7, 11) is 0. The molecule has 0 amide bonds. The van der Waals surface area contributed by atoms with Crippen molar-refractivity contribution >= 4 is 0 Å². The summed E-state index contributed by atoms with van der Waals surface area (Å²) >= 11 is 0. The highest BCUT2D eigenvalue weighted by Crippen LogP contribution is 2.28. The van der Waals surface area contributed by atoms with Gasteiger partial charge in [-0.3, -0.25) is 0 Å². The predicted octanol–water partition coefficient (Wildman–Crippen LogP) is 2.99. The van der Waals surface area contributed by atoms with Crippen LogP contribution in [0.15, 0.2) is 18.2 Å². The first kappa shape index (κ1) is 12.8. The highest BCUT2D eigenvalue weighted by atomic mass is 19.4. The molecule has 16 heavy (non-hydrogen) atoms. The second-order valence-electron chi connectivity index (χ2n) is 3.62. The van der Waals surface area contributed by atoms with E-state index in [2.05, 4.69) is 4.74 Å². The van der Waals surface area contributed by atoms with Crippen LogP contribution < -0.4 is 4.74 Å². The zero-order valence-corrected chi connectivity index (χ0v) is 9.01. The number of alkyl halides is 3. The second kappa shape index (κ2) is 4.74. The minimum absolute atomic E-state index is 0.0762. The molecule has 0 bridgehead atoms. The summed E-state index contributed by atoms with van der Waals surface area (Å²) in [4.78, 5) is 0. The van der Waals surface area contributed by atoms with E-state index in [0.717, 1.165) is 5.56 Å². The SMILES string of the molecule is Cc1ccc([C@@H](C)O)c(OCC(F)(F)F)c1. The number of hydrogen-bond donors (Lipinski definition) is 1. The van der Waals surface area contributed by atoms with Crippen LogP contribution in [0.4, 0.5) is 13.2 Å². The van der Waals surface area contributed by atoms with Crippen molar-refractivity contribution in [2.24, 2.45) is 0 Å². The van der Waals surface area contributed by atoms with Gasteiger partial charge in [-0.1, -0.05) is 12.1 Å². The highest BCUT2D eigenvalue weighted by Gasteiger charge is 2.29. The molecule has 1 aromatic carbocycles. The number of halogens is 3. The normalized spacial score (nSPS) is 13.6. The van der Waals surface area contributed by atoms with Crippen LogP contribution >= 0.6 is 0 Å². The molecule has 90 valence electrons. The Balaban J connectivity index is 2.88. The molecule has 0 unspecified atom stereocenters. The molecule has 0 radical (unpaired) electrons. The van der Waals surface area contributed by atoms with Crippen molar-refractivity contribution < 1.29 is 23.0 Å². The molecule has 0 spiro atoms. The van der Waals surface area contributed by atoms with Crippen LogP contribution in [0.1, 0.15) is 24.2 Å². The molecule has 0 fully saturated rings. The molecule has 1 atom stereocenters. The summed E-state index contributed by atoms with van der Waals surface area (Å²) in [5, 5.41) is 9.36. The molecule has 0 heterocycles. The Morgan fingerprint density at radius 2 is 2.00 bits per heavy atom. The van der Waals surface area contributed by atoms with Crippen LogP contribution in [0.5, 0.6) is 5.75 Å². The molecule has 1 rings (SSSR count). The van der Waals surface area contributed by atoms with Crippen LogP contribution in [-0.2, 0) is 0 Å². The molecule has 0 saturated heterocycles. The number of aliphatic hydroxyl groups is 1. The number of rotatable bonds is 3. The van der Waals surface area contributed by atoms with Crippen LogP contribution in [0.3, 0.4) is 0 Å². The lowest BCUT2D eigenvalue weighted by atomic mass is 10.1. The Morgan fingerprint density at radius 3 is 2.50 bits per heavy atom. The van der Waals surface area contributed by atoms with Crippen LogP contribution in [0, 0.1) is 6.92 Å². The molecular formula is C11H13F3O2. The van der Waals surface area contributed by atoms with Crippen LogP contribution in [0.2, 0.25) is 0 Å². The Hall–Kier alpha value is -1.23. The van der Waals surface area contributed by atoms with Gasteiger partial charge in [0.2, 0.25) is 0 Å². The zero-order valence-electron chi connectivity index (χ0n) is 9.01. The van der Waals surface area contributed by atoms with E-state index in [9.17, 15) is 18.3 Å². The quantitative estimate of drug-likeness (QED) is 0.871. The van der Waals surface area contributed by atoms with E-state index in [0.29, 0.717) is 5.56 Å². The molecule has 0 aliphatic carbocycles. The molecule has 5 heteroatoms. The van der Waals surface area contributed by atoms with E-state index in [4.69, 9.17) is 0 Å². The second-order valence-corrected chi connectivity index (χ2v) is 3.62. The van der Waals surface area contributed by atoms with Gasteiger partial charge in [-0.2, -0.15) is 13.2 Å². The summed E-state index contributed by atoms with van der Waals surface area (Å²) in [5.41, 5.74) is 1.14. The lowest BCUT2D eigenvalue weighted by Crippen LogP contribution is -2.20. The molecule has 0 saturated carbocycles. The molecule has 0 aromatic heterocycles. The fraction of sp³-hybridized carbons (Fsp3) is 0.455. The van der Waals surface area contributed by atoms with Crippen molar-refractivity contribution in [1.29, 1.82) is 0 Å². The van der Waals surface area contributed by atoms with Gasteiger partial charge in [-0.25, -0.2) is 0 Å². The first-order valence-corrected chi connectivity index (χ1v) is 4.78. The van der Waals surface area contributed by atoms with Gasteiger partial charge in [-0.05, 0) is 25.5 Å². The smallest absolute Gasteiger partial charge is 0.422 e. The van der Waals surface area contributed by atoms with Gasteiger partial charge in [0.15, 0.2) is 6.61 Å². The molecule has 1 aromatic rings. The van der Waals surface area contributed by atoms with Crippen LogP contribution in [0.25, 0.3) is 0 Å². The number of ether oxygens (including phenoxy) is 1. The first-order chi connectivity index (χ1) is 7.29.